The van der Waals surface area contributed by atoms with E-state index in [1.807, 2.05) is 6.07 Å². The van der Waals surface area contributed by atoms with Gasteiger partial charge in [-0.15, -0.1) is 0 Å². The summed E-state index contributed by atoms with van der Waals surface area (Å²) >= 11 is 0.925. The fraction of sp³-hybridized carbons (Fsp3) is 0.0909. The van der Waals surface area contributed by atoms with Gasteiger partial charge in [-0.2, -0.15) is 5.26 Å². The zero-order valence-corrected chi connectivity index (χ0v) is 8.91. The zero-order valence-electron chi connectivity index (χ0n) is 8.10. The lowest BCUT2D eigenvalue weighted by atomic mass is 10.3. The molecule has 0 fully saturated rings. The van der Waals surface area contributed by atoms with Crippen LogP contribution in [0.4, 0.5) is 0 Å². The lowest BCUT2D eigenvalue weighted by molar-refractivity contribution is -0.107. The van der Waals surface area contributed by atoms with Crippen molar-refractivity contribution in [3.63, 3.8) is 0 Å². The van der Waals surface area contributed by atoms with Crippen molar-refractivity contribution in [2.24, 2.45) is 0 Å². The first-order chi connectivity index (χ1) is 7.15. The van der Waals surface area contributed by atoms with E-state index < -0.39 is 5.12 Å². The SMILES string of the molecule is C/C(O)=C(\C#N)C(=O)Sc1ccccc1. The van der Waals surface area contributed by atoms with Crippen molar-refractivity contribution in [1.29, 1.82) is 5.26 Å². The maximum atomic E-state index is 11.5. The average molecular weight is 219 g/mol. The summed E-state index contributed by atoms with van der Waals surface area (Å²) in [5.41, 5.74) is -0.205. The highest BCUT2D eigenvalue weighted by Crippen LogP contribution is 2.22. The lowest BCUT2D eigenvalue weighted by Gasteiger charge is -1.99. The molecule has 0 atom stereocenters. The number of nitrogens with zero attached hydrogens (tertiary/aromatic N) is 1. The molecule has 0 aliphatic carbocycles. The molecule has 1 N–H and O–H groups in total. The molecule has 0 saturated carbocycles. The van der Waals surface area contributed by atoms with Crippen LogP contribution in [0.3, 0.4) is 0 Å². The van der Waals surface area contributed by atoms with Gasteiger partial charge < -0.3 is 5.11 Å². The minimum Gasteiger partial charge on any atom is -0.511 e. The van der Waals surface area contributed by atoms with E-state index in [1.54, 1.807) is 30.3 Å². The van der Waals surface area contributed by atoms with Gasteiger partial charge >= 0.3 is 0 Å². The number of aliphatic hydroxyl groups excluding tert-OH is 1. The van der Waals surface area contributed by atoms with Crippen LogP contribution in [0.1, 0.15) is 6.92 Å². The summed E-state index contributed by atoms with van der Waals surface area (Å²) in [7, 11) is 0. The van der Waals surface area contributed by atoms with Crippen molar-refractivity contribution in [2.75, 3.05) is 0 Å². The molecule has 0 aliphatic rings. The van der Waals surface area contributed by atoms with E-state index in [2.05, 4.69) is 0 Å². The Hall–Kier alpha value is -1.73. The van der Waals surface area contributed by atoms with E-state index in [1.165, 1.54) is 6.92 Å². The Bertz CT molecular complexity index is 428. The Balaban J connectivity index is 2.82. The van der Waals surface area contributed by atoms with E-state index in [0.717, 1.165) is 16.7 Å². The first kappa shape index (κ1) is 11.3. The molecular formula is C11H9NO2S. The van der Waals surface area contributed by atoms with Gasteiger partial charge in [0.25, 0.3) is 0 Å². The van der Waals surface area contributed by atoms with Gasteiger partial charge in [0.15, 0.2) is 0 Å². The van der Waals surface area contributed by atoms with Crippen molar-refractivity contribution in [3.8, 4) is 6.07 Å². The standard InChI is InChI=1S/C11H9NO2S/c1-8(13)10(7-12)11(14)15-9-5-3-2-4-6-9/h2-6,13H,1H3/b10-8-. The predicted octanol–water partition coefficient (Wildman–Crippen LogP) is 2.66. The van der Waals surface area contributed by atoms with Crippen molar-refractivity contribution in [2.45, 2.75) is 11.8 Å². The van der Waals surface area contributed by atoms with Crippen molar-refractivity contribution in [3.05, 3.63) is 41.7 Å². The number of hydrogen-bond acceptors (Lipinski definition) is 4. The van der Waals surface area contributed by atoms with Gasteiger partial charge in [-0.05, 0) is 30.8 Å². The smallest absolute Gasteiger partial charge is 0.238 e. The number of nitriles is 1. The first-order valence-electron chi connectivity index (χ1n) is 4.22. The number of aliphatic hydroxyl groups is 1. The summed E-state index contributed by atoms with van der Waals surface area (Å²) in [4.78, 5) is 12.3. The molecule has 4 heteroatoms. The Labute approximate surface area is 92.0 Å². The Morgan fingerprint density at radius 2 is 2.00 bits per heavy atom. The maximum Gasteiger partial charge on any atom is 0.238 e. The monoisotopic (exact) mass is 219 g/mol. The summed E-state index contributed by atoms with van der Waals surface area (Å²) in [6.45, 7) is 1.32. The maximum absolute atomic E-state index is 11.5. The third kappa shape index (κ3) is 3.15. The van der Waals surface area contributed by atoms with Crippen LogP contribution in [0.25, 0.3) is 0 Å². The van der Waals surface area contributed by atoms with Crippen LogP contribution >= 0.6 is 11.8 Å². The zero-order chi connectivity index (χ0) is 11.3. The molecule has 0 radical (unpaired) electrons. The summed E-state index contributed by atoms with van der Waals surface area (Å²) in [5.74, 6) is -0.245. The van der Waals surface area contributed by atoms with Gasteiger partial charge in [-0.25, -0.2) is 0 Å². The molecule has 0 aliphatic heterocycles. The molecule has 0 saturated heterocycles. The lowest BCUT2D eigenvalue weighted by Crippen LogP contribution is -1.98. The van der Waals surface area contributed by atoms with Crippen LogP contribution in [0.5, 0.6) is 0 Å². The van der Waals surface area contributed by atoms with E-state index in [9.17, 15) is 4.79 Å². The van der Waals surface area contributed by atoms with Gasteiger partial charge in [0.1, 0.15) is 17.4 Å². The van der Waals surface area contributed by atoms with Crippen LogP contribution in [-0.2, 0) is 4.79 Å². The first-order valence-corrected chi connectivity index (χ1v) is 5.04. The van der Waals surface area contributed by atoms with Gasteiger partial charge in [0.05, 0.1) is 0 Å². The third-order valence-electron chi connectivity index (χ3n) is 1.63. The largest absolute Gasteiger partial charge is 0.511 e. The van der Waals surface area contributed by atoms with Gasteiger partial charge in [0.2, 0.25) is 5.12 Å². The highest BCUT2D eigenvalue weighted by atomic mass is 32.2. The number of thioether (sulfide) groups is 1. The molecule has 0 amide bonds. The van der Waals surface area contributed by atoms with Crippen LogP contribution in [0, 0.1) is 11.3 Å². The Morgan fingerprint density at radius 3 is 2.47 bits per heavy atom. The number of carbonyl (C=O) groups is 1. The third-order valence-corrected chi connectivity index (χ3v) is 2.53. The Morgan fingerprint density at radius 1 is 1.40 bits per heavy atom. The molecule has 3 nitrogen and oxygen atoms in total. The van der Waals surface area contributed by atoms with E-state index >= 15 is 0 Å². The van der Waals surface area contributed by atoms with Crippen LogP contribution in [0.2, 0.25) is 0 Å². The minimum atomic E-state index is -0.441. The van der Waals surface area contributed by atoms with E-state index in [-0.39, 0.29) is 11.3 Å². The number of benzene rings is 1. The summed E-state index contributed by atoms with van der Waals surface area (Å²) in [5, 5.41) is 17.3. The molecule has 0 spiro atoms. The highest BCUT2D eigenvalue weighted by Gasteiger charge is 2.13. The van der Waals surface area contributed by atoms with Gasteiger partial charge in [-0.1, -0.05) is 18.2 Å². The number of allylic oxidation sites excluding steroid dienone is 1. The molecule has 1 rings (SSSR count). The fourth-order valence-electron chi connectivity index (χ4n) is 0.921. The van der Waals surface area contributed by atoms with Crippen molar-refractivity contribution < 1.29 is 9.90 Å². The second-order valence-corrected chi connectivity index (χ2v) is 3.82. The average Bonchev–Trinajstić information content (AvgIpc) is 2.19. The molecule has 0 heterocycles. The number of rotatable bonds is 2. The second-order valence-electron chi connectivity index (χ2n) is 2.77. The number of hydrogen-bond donors (Lipinski definition) is 1. The minimum absolute atomic E-state index is 0.205. The molecule has 15 heavy (non-hydrogen) atoms. The van der Waals surface area contributed by atoms with Crippen molar-refractivity contribution in [1.82, 2.24) is 0 Å². The molecule has 0 aromatic heterocycles. The van der Waals surface area contributed by atoms with Crippen LogP contribution < -0.4 is 0 Å². The highest BCUT2D eigenvalue weighted by molar-refractivity contribution is 8.14. The molecule has 1 aromatic carbocycles. The predicted molar refractivity (Wildman–Crippen MR) is 58.2 cm³/mol. The van der Waals surface area contributed by atoms with Crippen molar-refractivity contribution >= 4 is 16.9 Å². The molecule has 0 unspecified atom stereocenters. The quantitative estimate of drug-likeness (QED) is 0.359. The summed E-state index contributed by atoms with van der Waals surface area (Å²) in [6.07, 6.45) is 0. The Kier molecular flexibility index (Phi) is 3.95. The van der Waals surface area contributed by atoms with E-state index in [4.69, 9.17) is 10.4 Å². The van der Waals surface area contributed by atoms with E-state index in [0.29, 0.717) is 0 Å². The van der Waals surface area contributed by atoms with Crippen LogP contribution in [-0.4, -0.2) is 10.2 Å². The number of carbonyl (C=O) groups excluding carboxylic acids is 1. The van der Waals surface area contributed by atoms with Gasteiger partial charge in [0, 0.05) is 4.90 Å². The normalized spacial score (nSPS) is 11.5. The summed E-state index contributed by atoms with van der Waals surface area (Å²) < 4.78 is 0. The molecular weight excluding hydrogens is 210 g/mol. The van der Waals surface area contributed by atoms with Crippen LogP contribution in [0.15, 0.2) is 46.6 Å². The molecule has 76 valence electrons. The fourth-order valence-corrected chi connectivity index (χ4v) is 1.72. The van der Waals surface area contributed by atoms with Gasteiger partial charge in [-0.3, -0.25) is 4.79 Å². The molecule has 1 aromatic rings. The topological polar surface area (TPSA) is 61.1 Å². The second kappa shape index (κ2) is 5.23. The summed E-state index contributed by atoms with van der Waals surface area (Å²) in [6, 6.07) is 10.7. The molecule has 0 bridgehead atoms.